The largest absolute Gasteiger partial charge is 0.417 e. The van der Waals surface area contributed by atoms with E-state index in [9.17, 15) is 22.8 Å². The van der Waals surface area contributed by atoms with Crippen LogP contribution in [0.1, 0.15) is 25.8 Å². The summed E-state index contributed by atoms with van der Waals surface area (Å²) in [6, 6.07) is 6.85. The third kappa shape index (κ3) is 8.54. The Morgan fingerprint density at radius 2 is 1.89 bits per heavy atom. The van der Waals surface area contributed by atoms with Crippen LogP contribution in [0.3, 0.4) is 0 Å². The Bertz CT molecular complexity index is 1350. The van der Waals surface area contributed by atoms with E-state index in [1.165, 1.54) is 18.3 Å². The highest BCUT2D eigenvalue weighted by molar-refractivity contribution is 7.13. The smallest absolute Gasteiger partial charge is 0.369 e. The fraction of sp³-hybridized carbons (Fsp3) is 0.208. The Morgan fingerprint density at radius 3 is 2.58 bits per heavy atom. The van der Waals surface area contributed by atoms with Crippen LogP contribution in [0.5, 0.6) is 0 Å². The van der Waals surface area contributed by atoms with E-state index in [0.29, 0.717) is 23.8 Å². The van der Waals surface area contributed by atoms with Gasteiger partial charge in [0.25, 0.3) is 5.91 Å². The van der Waals surface area contributed by atoms with Crippen molar-refractivity contribution in [3.8, 4) is 0 Å². The number of carbonyl (C=O) groups excluding carboxylic acids is 2. The first-order chi connectivity index (χ1) is 18.1. The molecule has 0 atom stereocenters. The van der Waals surface area contributed by atoms with Gasteiger partial charge in [-0.3, -0.25) is 19.6 Å². The first kappa shape index (κ1) is 29.1. The van der Waals surface area contributed by atoms with Gasteiger partial charge in [0.15, 0.2) is 0 Å². The van der Waals surface area contributed by atoms with Gasteiger partial charge in [-0.05, 0) is 42.3 Å². The number of carbonyl (C=O) groups is 2. The van der Waals surface area contributed by atoms with Gasteiger partial charge in [-0.2, -0.15) is 13.2 Å². The highest BCUT2D eigenvalue weighted by atomic mass is 35.5. The zero-order chi connectivity index (χ0) is 27.7. The molecule has 0 aliphatic carbocycles. The molecule has 3 rings (SSSR count). The summed E-state index contributed by atoms with van der Waals surface area (Å²) in [5, 5.41) is 8.11. The molecule has 0 aliphatic rings. The van der Waals surface area contributed by atoms with E-state index in [-0.39, 0.29) is 22.1 Å². The minimum Gasteiger partial charge on any atom is -0.369 e. The number of nitrogens with one attached hydrogen (secondary N) is 3. The van der Waals surface area contributed by atoms with Crippen LogP contribution >= 0.6 is 34.5 Å². The molecule has 0 saturated heterocycles. The standard InChI is InChI=1S/C24H21Cl2F3N6O2S/c1-30-22(32-9-6-14-4-7-31-8-5-14)18(26)11-20(36)33-13-21-34-12-19(38-21)23(37)35-15-2-3-17(25)16(10-15)24(27,28)29/h2-5,7-8,10-12H,6,9,13H2,1H3,(H,30,32)(H,33,36)(H,35,37)/b18-11-. The second-order valence-corrected chi connectivity index (χ2v) is 9.51. The molecular formula is C24H21Cl2F3N6O2S. The second kappa shape index (κ2) is 13.4. The quantitative estimate of drug-likeness (QED) is 0.185. The van der Waals surface area contributed by atoms with Crippen molar-refractivity contribution in [2.45, 2.75) is 19.1 Å². The van der Waals surface area contributed by atoms with Crippen molar-refractivity contribution in [3.05, 3.63) is 86.1 Å². The molecule has 8 nitrogen and oxygen atoms in total. The third-order valence-corrected chi connectivity index (χ3v) is 6.50. The molecule has 200 valence electrons. The second-order valence-electron chi connectivity index (χ2n) is 7.58. The fourth-order valence-corrected chi connectivity index (χ4v) is 4.28. The van der Waals surface area contributed by atoms with Crippen LogP contribution in [0.2, 0.25) is 5.02 Å². The van der Waals surface area contributed by atoms with Crippen molar-refractivity contribution in [3.63, 3.8) is 0 Å². The van der Waals surface area contributed by atoms with Crippen LogP contribution in [0, 0.1) is 0 Å². The van der Waals surface area contributed by atoms with E-state index in [1.54, 1.807) is 19.4 Å². The fourth-order valence-electron chi connectivity index (χ4n) is 3.05. The number of thiazole rings is 1. The number of nitrogens with zero attached hydrogens (tertiary/aromatic N) is 3. The van der Waals surface area contributed by atoms with Crippen molar-refractivity contribution in [1.29, 1.82) is 0 Å². The van der Waals surface area contributed by atoms with E-state index in [4.69, 9.17) is 23.2 Å². The minimum absolute atomic E-state index is 0.00465. The maximum absolute atomic E-state index is 13.0. The van der Waals surface area contributed by atoms with Gasteiger partial charge < -0.3 is 16.0 Å². The van der Waals surface area contributed by atoms with Gasteiger partial charge >= 0.3 is 6.18 Å². The Balaban J connectivity index is 1.51. The summed E-state index contributed by atoms with van der Waals surface area (Å²) >= 11 is 12.8. The van der Waals surface area contributed by atoms with E-state index >= 15 is 0 Å². The van der Waals surface area contributed by atoms with Crippen LogP contribution in [0.15, 0.2) is 65.0 Å². The lowest BCUT2D eigenvalue weighted by molar-refractivity contribution is -0.137. The van der Waals surface area contributed by atoms with Crippen LogP contribution in [-0.2, 0) is 23.9 Å². The van der Waals surface area contributed by atoms with Gasteiger partial charge in [0, 0.05) is 37.7 Å². The number of halogens is 5. The topological polar surface area (TPSA) is 108 Å². The van der Waals surface area contributed by atoms with Crippen LogP contribution < -0.4 is 16.0 Å². The molecule has 0 fully saturated rings. The summed E-state index contributed by atoms with van der Waals surface area (Å²) in [7, 11) is 1.54. The van der Waals surface area contributed by atoms with Crippen molar-refractivity contribution in [2.75, 3.05) is 18.9 Å². The normalized spacial score (nSPS) is 12.3. The first-order valence-electron chi connectivity index (χ1n) is 10.9. The summed E-state index contributed by atoms with van der Waals surface area (Å²) < 4.78 is 39.1. The summed E-state index contributed by atoms with van der Waals surface area (Å²) in [6.45, 7) is 0.546. The predicted molar refractivity (Wildman–Crippen MR) is 142 cm³/mol. The summed E-state index contributed by atoms with van der Waals surface area (Å²) in [5.74, 6) is -0.811. The SMILES string of the molecule is CN=C(NCCc1ccncc1)/C(Cl)=C/C(=O)NCc1ncc(C(=O)Nc2ccc(Cl)c(C(F)(F)F)c2)s1. The number of pyridine rings is 1. The Morgan fingerprint density at radius 1 is 1.16 bits per heavy atom. The number of amidine groups is 1. The lowest BCUT2D eigenvalue weighted by Crippen LogP contribution is -2.28. The third-order valence-electron chi connectivity index (χ3n) is 4.88. The maximum atomic E-state index is 13.0. The number of alkyl halides is 3. The minimum atomic E-state index is -4.66. The maximum Gasteiger partial charge on any atom is 0.417 e. The number of hydrogen-bond acceptors (Lipinski definition) is 6. The van der Waals surface area contributed by atoms with Gasteiger partial charge in [-0.15, -0.1) is 11.3 Å². The van der Waals surface area contributed by atoms with E-state index in [0.717, 1.165) is 29.0 Å². The van der Waals surface area contributed by atoms with Gasteiger partial charge in [0.05, 0.1) is 28.4 Å². The average Bonchev–Trinajstić information content (AvgIpc) is 3.36. The Labute approximate surface area is 230 Å². The van der Waals surface area contributed by atoms with Crippen molar-refractivity contribution < 1.29 is 22.8 Å². The molecule has 38 heavy (non-hydrogen) atoms. The summed E-state index contributed by atoms with van der Waals surface area (Å²) in [4.78, 5) is 37.0. The van der Waals surface area contributed by atoms with E-state index in [1.807, 2.05) is 12.1 Å². The van der Waals surface area contributed by atoms with E-state index in [2.05, 4.69) is 30.9 Å². The molecule has 0 aliphatic heterocycles. The van der Waals surface area contributed by atoms with Gasteiger partial charge in [-0.1, -0.05) is 23.2 Å². The molecule has 0 spiro atoms. The average molecular weight is 585 g/mol. The Kier molecular flexibility index (Phi) is 10.2. The summed E-state index contributed by atoms with van der Waals surface area (Å²) in [5.41, 5.74) is -0.0503. The van der Waals surface area contributed by atoms with E-state index < -0.39 is 28.6 Å². The Hall–Kier alpha value is -3.48. The molecule has 2 aromatic heterocycles. The zero-order valence-electron chi connectivity index (χ0n) is 19.8. The number of rotatable bonds is 9. The lowest BCUT2D eigenvalue weighted by Gasteiger charge is -2.11. The molecule has 3 N–H and O–H groups in total. The molecule has 0 bridgehead atoms. The van der Waals surface area contributed by atoms with Gasteiger partial charge in [0.1, 0.15) is 15.7 Å². The number of aromatic nitrogens is 2. The number of amides is 2. The highest BCUT2D eigenvalue weighted by Crippen LogP contribution is 2.36. The van der Waals surface area contributed by atoms with Crippen molar-refractivity contribution in [2.24, 2.45) is 4.99 Å². The lowest BCUT2D eigenvalue weighted by atomic mass is 10.2. The van der Waals surface area contributed by atoms with Gasteiger partial charge in [0.2, 0.25) is 5.91 Å². The molecule has 0 unspecified atom stereocenters. The van der Waals surface area contributed by atoms with Crippen molar-refractivity contribution >= 4 is 57.9 Å². The molecule has 14 heteroatoms. The molecule has 2 heterocycles. The molecule has 3 aromatic rings. The number of aliphatic imine (C=N–C) groups is 1. The number of hydrogen-bond donors (Lipinski definition) is 3. The van der Waals surface area contributed by atoms with Crippen LogP contribution in [0.4, 0.5) is 18.9 Å². The van der Waals surface area contributed by atoms with Crippen LogP contribution in [-0.4, -0.2) is 41.2 Å². The molecule has 0 radical (unpaired) electrons. The molecule has 1 aromatic carbocycles. The number of benzene rings is 1. The summed E-state index contributed by atoms with van der Waals surface area (Å²) in [6.07, 6.45) is 1.88. The molecule has 2 amide bonds. The predicted octanol–water partition coefficient (Wildman–Crippen LogP) is 5.06. The highest BCUT2D eigenvalue weighted by Gasteiger charge is 2.33. The first-order valence-corrected chi connectivity index (χ1v) is 12.5. The van der Waals surface area contributed by atoms with Crippen molar-refractivity contribution in [1.82, 2.24) is 20.6 Å². The monoisotopic (exact) mass is 584 g/mol. The number of anilines is 1. The van der Waals surface area contributed by atoms with Crippen LogP contribution in [0.25, 0.3) is 0 Å². The molecule has 0 saturated carbocycles. The molecular weight excluding hydrogens is 564 g/mol. The zero-order valence-corrected chi connectivity index (χ0v) is 22.1. The van der Waals surface area contributed by atoms with Gasteiger partial charge in [-0.25, -0.2) is 4.98 Å².